The first kappa shape index (κ1) is 18.2. The molecule has 7 heteroatoms. The quantitative estimate of drug-likeness (QED) is 0.461. The zero-order valence-electron chi connectivity index (χ0n) is 13.3. The molecule has 0 saturated carbocycles. The van der Waals surface area contributed by atoms with E-state index in [-0.39, 0.29) is 18.7 Å². The van der Waals surface area contributed by atoms with Crippen LogP contribution in [0.3, 0.4) is 0 Å². The SMILES string of the molecule is CCOC(=O)Cc1ccccc1N/C(=C/C(=O)OC)C(=O)OC. The number of hydrogen-bond donors (Lipinski definition) is 1. The van der Waals surface area contributed by atoms with Crippen molar-refractivity contribution in [2.45, 2.75) is 13.3 Å². The summed E-state index contributed by atoms with van der Waals surface area (Å²) in [5, 5.41) is 2.79. The summed E-state index contributed by atoms with van der Waals surface area (Å²) in [5.41, 5.74) is 1.00. The minimum Gasteiger partial charge on any atom is -0.466 e. The average Bonchev–Trinajstić information content (AvgIpc) is 2.55. The molecule has 0 amide bonds. The van der Waals surface area contributed by atoms with E-state index in [1.165, 1.54) is 14.2 Å². The van der Waals surface area contributed by atoms with E-state index in [0.717, 1.165) is 6.08 Å². The second-order valence-corrected chi connectivity index (χ2v) is 4.34. The normalized spacial score (nSPS) is 10.7. The molecule has 1 rings (SSSR count). The predicted octanol–water partition coefficient (Wildman–Crippen LogP) is 1.43. The highest BCUT2D eigenvalue weighted by atomic mass is 16.5. The van der Waals surface area contributed by atoms with E-state index in [1.807, 2.05) is 0 Å². The summed E-state index contributed by atoms with van der Waals surface area (Å²) in [6.07, 6.45) is 1.01. The van der Waals surface area contributed by atoms with Gasteiger partial charge in [0.25, 0.3) is 0 Å². The zero-order valence-corrected chi connectivity index (χ0v) is 13.3. The number of ether oxygens (including phenoxy) is 3. The number of hydrogen-bond acceptors (Lipinski definition) is 7. The van der Waals surface area contributed by atoms with Crippen LogP contribution in [0.2, 0.25) is 0 Å². The Bertz CT molecular complexity index is 608. The number of carbonyl (C=O) groups excluding carboxylic acids is 3. The molecule has 0 radical (unpaired) electrons. The fourth-order valence-corrected chi connectivity index (χ4v) is 1.74. The lowest BCUT2D eigenvalue weighted by Crippen LogP contribution is -2.17. The second-order valence-electron chi connectivity index (χ2n) is 4.34. The Morgan fingerprint density at radius 1 is 1.13 bits per heavy atom. The van der Waals surface area contributed by atoms with Gasteiger partial charge in [-0.25, -0.2) is 9.59 Å². The zero-order chi connectivity index (χ0) is 17.2. The largest absolute Gasteiger partial charge is 0.466 e. The highest BCUT2D eigenvalue weighted by Crippen LogP contribution is 2.19. The first-order valence-electron chi connectivity index (χ1n) is 6.90. The lowest BCUT2D eigenvalue weighted by Gasteiger charge is -2.13. The van der Waals surface area contributed by atoms with Crippen LogP contribution in [0.1, 0.15) is 12.5 Å². The van der Waals surface area contributed by atoms with E-state index in [0.29, 0.717) is 11.3 Å². The van der Waals surface area contributed by atoms with Gasteiger partial charge in [0.15, 0.2) is 0 Å². The summed E-state index contributed by atoms with van der Waals surface area (Å²) in [6, 6.07) is 6.86. The molecule has 0 aliphatic rings. The Morgan fingerprint density at radius 2 is 1.83 bits per heavy atom. The molecule has 7 nitrogen and oxygen atoms in total. The van der Waals surface area contributed by atoms with Gasteiger partial charge in [0, 0.05) is 5.69 Å². The highest BCUT2D eigenvalue weighted by Gasteiger charge is 2.15. The van der Waals surface area contributed by atoms with Gasteiger partial charge in [-0.3, -0.25) is 4.79 Å². The molecule has 0 spiro atoms. The number of carbonyl (C=O) groups is 3. The van der Waals surface area contributed by atoms with Gasteiger partial charge in [0.2, 0.25) is 0 Å². The minimum absolute atomic E-state index is 0.0314. The lowest BCUT2D eigenvalue weighted by atomic mass is 10.1. The van der Waals surface area contributed by atoms with Crippen molar-refractivity contribution in [1.82, 2.24) is 0 Å². The van der Waals surface area contributed by atoms with E-state index < -0.39 is 17.9 Å². The lowest BCUT2D eigenvalue weighted by molar-refractivity contribution is -0.142. The molecule has 0 fully saturated rings. The van der Waals surface area contributed by atoms with Gasteiger partial charge in [0.1, 0.15) is 5.70 Å². The molecule has 0 bridgehead atoms. The second kappa shape index (κ2) is 9.24. The van der Waals surface area contributed by atoms with Gasteiger partial charge in [-0.2, -0.15) is 0 Å². The third-order valence-corrected chi connectivity index (χ3v) is 2.80. The summed E-state index contributed by atoms with van der Waals surface area (Å²) in [6.45, 7) is 2.00. The van der Waals surface area contributed by atoms with E-state index >= 15 is 0 Å². The standard InChI is InChI=1S/C16H19NO6/c1-4-23-15(19)9-11-7-5-6-8-12(11)17-13(16(20)22-3)10-14(18)21-2/h5-8,10,17H,4,9H2,1-3H3/b13-10+. The van der Waals surface area contributed by atoms with Crippen LogP contribution >= 0.6 is 0 Å². The number of methoxy groups -OCH3 is 2. The smallest absolute Gasteiger partial charge is 0.354 e. The van der Waals surface area contributed by atoms with Crippen molar-refractivity contribution in [3.63, 3.8) is 0 Å². The molecule has 0 aliphatic heterocycles. The molecule has 1 aromatic carbocycles. The van der Waals surface area contributed by atoms with Crippen molar-refractivity contribution in [3.05, 3.63) is 41.6 Å². The number of esters is 3. The fourth-order valence-electron chi connectivity index (χ4n) is 1.74. The van der Waals surface area contributed by atoms with Crippen LogP contribution in [0.25, 0.3) is 0 Å². The molecule has 0 heterocycles. The van der Waals surface area contributed by atoms with E-state index in [4.69, 9.17) is 4.74 Å². The molecule has 0 aliphatic carbocycles. The molecule has 124 valence electrons. The first-order valence-corrected chi connectivity index (χ1v) is 6.90. The van der Waals surface area contributed by atoms with Crippen molar-refractivity contribution in [1.29, 1.82) is 0 Å². The van der Waals surface area contributed by atoms with Gasteiger partial charge in [-0.1, -0.05) is 18.2 Å². The molecule has 0 atom stereocenters. The van der Waals surface area contributed by atoms with Crippen molar-refractivity contribution >= 4 is 23.6 Å². The monoisotopic (exact) mass is 321 g/mol. The summed E-state index contributed by atoms with van der Waals surface area (Å²) in [5.74, 6) is -1.83. The van der Waals surface area contributed by atoms with Crippen LogP contribution in [-0.4, -0.2) is 38.7 Å². The third kappa shape index (κ3) is 5.82. The Hall–Kier alpha value is -2.83. The highest BCUT2D eigenvalue weighted by molar-refractivity contribution is 5.99. The Kier molecular flexibility index (Phi) is 7.32. The van der Waals surface area contributed by atoms with Crippen molar-refractivity contribution < 1.29 is 28.6 Å². The molecule has 0 saturated heterocycles. The number of para-hydroxylation sites is 1. The van der Waals surface area contributed by atoms with Gasteiger partial charge in [-0.05, 0) is 18.6 Å². The van der Waals surface area contributed by atoms with Crippen LogP contribution in [0, 0.1) is 0 Å². The van der Waals surface area contributed by atoms with Crippen LogP contribution < -0.4 is 5.32 Å². The van der Waals surface area contributed by atoms with Crippen molar-refractivity contribution in [3.8, 4) is 0 Å². The number of benzene rings is 1. The van der Waals surface area contributed by atoms with Gasteiger partial charge >= 0.3 is 17.9 Å². The molecule has 23 heavy (non-hydrogen) atoms. The van der Waals surface area contributed by atoms with Crippen molar-refractivity contribution in [2.75, 3.05) is 26.1 Å². The topological polar surface area (TPSA) is 90.9 Å². The van der Waals surface area contributed by atoms with Crippen LogP contribution in [0.4, 0.5) is 5.69 Å². The molecule has 0 unspecified atom stereocenters. The third-order valence-electron chi connectivity index (χ3n) is 2.80. The van der Waals surface area contributed by atoms with Gasteiger partial charge < -0.3 is 19.5 Å². The summed E-state index contributed by atoms with van der Waals surface area (Å²) in [7, 11) is 2.39. The molecular weight excluding hydrogens is 302 g/mol. The number of nitrogens with one attached hydrogen (secondary N) is 1. The Morgan fingerprint density at radius 3 is 2.43 bits per heavy atom. The van der Waals surface area contributed by atoms with Gasteiger partial charge in [0.05, 0.1) is 33.3 Å². The first-order chi connectivity index (χ1) is 11.0. The van der Waals surface area contributed by atoms with E-state index in [9.17, 15) is 14.4 Å². The molecular formula is C16H19NO6. The van der Waals surface area contributed by atoms with Crippen LogP contribution in [0.15, 0.2) is 36.0 Å². The van der Waals surface area contributed by atoms with Gasteiger partial charge in [-0.15, -0.1) is 0 Å². The predicted molar refractivity (Wildman–Crippen MR) is 82.5 cm³/mol. The summed E-state index contributed by atoms with van der Waals surface area (Å²) in [4.78, 5) is 34.7. The van der Waals surface area contributed by atoms with E-state index in [2.05, 4.69) is 14.8 Å². The summed E-state index contributed by atoms with van der Waals surface area (Å²) >= 11 is 0. The number of rotatable bonds is 7. The maximum atomic E-state index is 11.8. The summed E-state index contributed by atoms with van der Waals surface area (Å²) < 4.78 is 14.0. The van der Waals surface area contributed by atoms with Crippen LogP contribution in [0.5, 0.6) is 0 Å². The molecule has 1 aromatic rings. The maximum absolute atomic E-state index is 11.8. The molecule has 0 aromatic heterocycles. The maximum Gasteiger partial charge on any atom is 0.354 e. The molecule has 1 N–H and O–H groups in total. The van der Waals surface area contributed by atoms with E-state index in [1.54, 1.807) is 31.2 Å². The fraction of sp³-hybridized carbons (Fsp3) is 0.312. The Labute approximate surface area is 134 Å². The van der Waals surface area contributed by atoms with Crippen LogP contribution in [-0.2, 0) is 35.0 Å². The minimum atomic E-state index is -0.735. The Balaban J connectivity index is 3.04. The van der Waals surface area contributed by atoms with Crippen molar-refractivity contribution in [2.24, 2.45) is 0 Å². The average molecular weight is 321 g/mol. The number of anilines is 1.